The molecule has 0 spiro atoms. The lowest BCUT2D eigenvalue weighted by atomic mass is 9.82. The average molecular weight is 260 g/mol. The largest absolute Gasteiger partial charge is 0.326 e. The Morgan fingerprint density at radius 2 is 1.53 bits per heavy atom. The number of hydrogen-bond acceptors (Lipinski definition) is 2. The van der Waals surface area contributed by atoms with Crippen molar-refractivity contribution in [1.82, 2.24) is 0 Å². The Balaban J connectivity index is 3.75. The van der Waals surface area contributed by atoms with Gasteiger partial charge in [0.05, 0.1) is 0 Å². The molecule has 0 aliphatic heterocycles. The molecule has 2 N–H and O–H groups in total. The number of rotatable bonds is 8. The summed E-state index contributed by atoms with van der Waals surface area (Å²) in [4.78, 5) is 0. The molecular weight excluding hydrogens is 226 g/mol. The summed E-state index contributed by atoms with van der Waals surface area (Å²) in [5, 5.41) is 0. The third kappa shape index (κ3) is 11.1. The minimum absolute atomic E-state index is 0.0270. The van der Waals surface area contributed by atoms with E-state index in [0.717, 1.165) is 18.3 Å². The highest BCUT2D eigenvalue weighted by Gasteiger charge is 2.20. The monoisotopic (exact) mass is 259 g/mol. The Kier molecular flexibility index (Phi) is 7.16. The Hall–Kier alpha value is 0.310. The lowest BCUT2D eigenvalue weighted by Gasteiger charge is -2.28. The second-order valence-electron chi connectivity index (χ2n) is 7.21. The summed E-state index contributed by atoms with van der Waals surface area (Å²) in [6.07, 6.45) is 6.26. The van der Waals surface area contributed by atoms with Crippen LogP contribution in [0.3, 0.4) is 0 Å². The maximum atomic E-state index is 6.08. The molecule has 0 saturated carbocycles. The summed E-state index contributed by atoms with van der Waals surface area (Å²) < 4.78 is 0.189. The van der Waals surface area contributed by atoms with Gasteiger partial charge in [-0.3, -0.25) is 0 Å². The van der Waals surface area contributed by atoms with Gasteiger partial charge in [-0.05, 0) is 38.5 Å². The minimum atomic E-state index is -0.0270. The van der Waals surface area contributed by atoms with E-state index < -0.39 is 0 Å². The molecule has 0 aromatic heterocycles. The quantitative estimate of drug-likeness (QED) is 0.481. The molecule has 2 heteroatoms. The van der Waals surface area contributed by atoms with Crippen LogP contribution in [0, 0.1) is 11.8 Å². The first-order valence-electron chi connectivity index (χ1n) is 7.02. The van der Waals surface area contributed by atoms with Gasteiger partial charge in [0.2, 0.25) is 0 Å². The first-order valence-corrected chi connectivity index (χ1v) is 7.47. The van der Waals surface area contributed by atoms with Crippen molar-refractivity contribution in [1.29, 1.82) is 0 Å². The zero-order chi connectivity index (χ0) is 13.7. The number of unbranched alkanes of at least 4 members (excludes halogenated alkanes) is 1. The van der Waals surface area contributed by atoms with Crippen LogP contribution in [0.15, 0.2) is 0 Å². The summed E-state index contributed by atoms with van der Waals surface area (Å²) in [7, 11) is 0. The predicted octanol–water partition coefficient (Wildman–Crippen LogP) is 4.65. The summed E-state index contributed by atoms with van der Waals surface area (Å²) in [5.74, 6) is 1.50. The minimum Gasteiger partial charge on any atom is -0.326 e. The van der Waals surface area contributed by atoms with E-state index in [2.05, 4.69) is 54.2 Å². The molecule has 0 amide bonds. The number of hydrogen-bond donors (Lipinski definition) is 2. The molecule has 1 nitrogen and oxygen atoms in total. The predicted molar refractivity (Wildman–Crippen MR) is 82.7 cm³/mol. The molecule has 0 aromatic rings. The van der Waals surface area contributed by atoms with Crippen LogP contribution in [0.25, 0.3) is 0 Å². The van der Waals surface area contributed by atoms with Crippen molar-refractivity contribution in [3.05, 3.63) is 0 Å². The van der Waals surface area contributed by atoms with E-state index in [4.69, 9.17) is 5.73 Å². The van der Waals surface area contributed by atoms with Crippen molar-refractivity contribution in [2.75, 3.05) is 0 Å². The van der Waals surface area contributed by atoms with Crippen molar-refractivity contribution in [3.8, 4) is 0 Å². The lowest BCUT2D eigenvalue weighted by molar-refractivity contribution is 0.278. The first kappa shape index (κ1) is 17.3. The van der Waals surface area contributed by atoms with Gasteiger partial charge in [-0.1, -0.05) is 47.0 Å². The molecule has 17 heavy (non-hydrogen) atoms. The lowest BCUT2D eigenvalue weighted by Crippen LogP contribution is -2.35. The smallest absolute Gasteiger partial charge is 0.00996 e. The van der Waals surface area contributed by atoms with E-state index in [0.29, 0.717) is 0 Å². The fraction of sp³-hybridized carbons (Fsp3) is 1.00. The maximum Gasteiger partial charge on any atom is 0.00996 e. The third-order valence-corrected chi connectivity index (χ3v) is 3.74. The van der Waals surface area contributed by atoms with Crippen LogP contribution in [0.2, 0.25) is 0 Å². The molecule has 0 heterocycles. The van der Waals surface area contributed by atoms with Crippen molar-refractivity contribution in [3.63, 3.8) is 0 Å². The second-order valence-corrected chi connectivity index (χ2v) is 8.42. The fourth-order valence-electron chi connectivity index (χ4n) is 2.34. The SMILES string of the molecule is CC(CCCCC(C)(C)S)C(C)CC(C)(C)N. The Bertz CT molecular complexity index is 200. The highest BCUT2D eigenvalue weighted by atomic mass is 32.1. The van der Waals surface area contributed by atoms with E-state index in [-0.39, 0.29) is 10.3 Å². The summed E-state index contributed by atoms with van der Waals surface area (Å²) in [6.45, 7) is 13.3. The van der Waals surface area contributed by atoms with Crippen LogP contribution < -0.4 is 5.73 Å². The van der Waals surface area contributed by atoms with Gasteiger partial charge in [0, 0.05) is 10.3 Å². The van der Waals surface area contributed by atoms with Crippen LogP contribution >= 0.6 is 12.6 Å². The van der Waals surface area contributed by atoms with Crippen molar-refractivity contribution in [2.45, 2.75) is 83.9 Å². The molecule has 2 unspecified atom stereocenters. The van der Waals surface area contributed by atoms with Gasteiger partial charge in [-0.15, -0.1) is 0 Å². The molecule has 0 bridgehead atoms. The van der Waals surface area contributed by atoms with Gasteiger partial charge >= 0.3 is 0 Å². The number of thiol groups is 1. The van der Waals surface area contributed by atoms with Crippen LogP contribution in [0.5, 0.6) is 0 Å². The molecular formula is C15H33NS. The van der Waals surface area contributed by atoms with Gasteiger partial charge in [0.1, 0.15) is 0 Å². The normalized spacial score (nSPS) is 16.9. The third-order valence-electron chi connectivity index (χ3n) is 3.52. The molecule has 0 aliphatic rings. The highest BCUT2D eigenvalue weighted by Crippen LogP contribution is 2.27. The van der Waals surface area contributed by atoms with E-state index in [9.17, 15) is 0 Å². The summed E-state index contributed by atoms with van der Waals surface area (Å²) >= 11 is 4.56. The summed E-state index contributed by atoms with van der Waals surface area (Å²) in [6, 6.07) is 0. The Labute approximate surface area is 114 Å². The van der Waals surface area contributed by atoms with Crippen LogP contribution in [-0.2, 0) is 0 Å². The van der Waals surface area contributed by atoms with Crippen LogP contribution in [-0.4, -0.2) is 10.3 Å². The first-order chi connectivity index (χ1) is 7.51. The summed E-state index contributed by atoms with van der Waals surface area (Å²) in [5.41, 5.74) is 6.05. The van der Waals surface area contributed by atoms with Crippen molar-refractivity contribution in [2.24, 2.45) is 17.6 Å². The van der Waals surface area contributed by atoms with Gasteiger partial charge in [-0.2, -0.15) is 12.6 Å². The van der Waals surface area contributed by atoms with Gasteiger partial charge in [0.25, 0.3) is 0 Å². The zero-order valence-electron chi connectivity index (χ0n) is 12.7. The zero-order valence-corrected chi connectivity index (χ0v) is 13.6. The molecule has 0 saturated heterocycles. The van der Waals surface area contributed by atoms with Crippen LogP contribution in [0.4, 0.5) is 0 Å². The Morgan fingerprint density at radius 1 is 1.00 bits per heavy atom. The van der Waals surface area contributed by atoms with Gasteiger partial charge < -0.3 is 5.73 Å². The van der Waals surface area contributed by atoms with Crippen molar-refractivity contribution < 1.29 is 0 Å². The average Bonchev–Trinajstić information content (AvgIpc) is 2.07. The van der Waals surface area contributed by atoms with E-state index in [1.165, 1.54) is 25.7 Å². The fourth-order valence-corrected chi connectivity index (χ4v) is 2.50. The van der Waals surface area contributed by atoms with Gasteiger partial charge in [-0.25, -0.2) is 0 Å². The van der Waals surface area contributed by atoms with Crippen molar-refractivity contribution >= 4 is 12.6 Å². The molecule has 0 radical (unpaired) electrons. The second kappa shape index (κ2) is 7.04. The topological polar surface area (TPSA) is 26.0 Å². The standard InChI is InChI=1S/C15H33NS/c1-12(13(2)11-14(3,4)16)9-7-8-10-15(5,6)17/h12-13,17H,7-11,16H2,1-6H3. The molecule has 0 fully saturated rings. The van der Waals surface area contributed by atoms with E-state index in [1.807, 2.05) is 0 Å². The number of nitrogens with two attached hydrogens (primary N) is 1. The highest BCUT2D eigenvalue weighted by molar-refractivity contribution is 7.81. The van der Waals surface area contributed by atoms with Crippen LogP contribution in [0.1, 0.15) is 73.6 Å². The molecule has 2 atom stereocenters. The molecule has 0 aliphatic carbocycles. The molecule has 0 aromatic carbocycles. The molecule has 0 rings (SSSR count). The molecule has 104 valence electrons. The van der Waals surface area contributed by atoms with Gasteiger partial charge in [0.15, 0.2) is 0 Å². The Morgan fingerprint density at radius 3 is 1.94 bits per heavy atom. The maximum absolute atomic E-state index is 6.08. The van der Waals surface area contributed by atoms with E-state index >= 15 is 0 Å². The van der Waals surface area contributed by atoms with E-state index in [1.54, 1.807) is 0 Å².